The van der Waals surface area contributed by atoms with Gasteiger partial charge in [0.2, 0.25) is 0 Å². The Kier molecular flexibility index (Phi) is 52.9. The van der Waals surface area contributed by atoms with Crippen LogP contribution in [-0.2, 0) is 28.6 Å². The molecule has 0 spiro atoms. The summed E-state index contributed by atoms with van der Waals surface area (Å²) in [6.45, 7) is 6.45. The average Bonchev–Trinajstić information content (AvgIpc) is 3.34. The molecule has 0 aromatic carbocycles. The predicted octanol–water partition coefficient (Wildman–Crippen LogP) is 18.9. The molecule has 0 N–H and O–H groups in total. The minimum absolute atomic E-state index is 0.0966. The van der Waals surface area contributed by atoms with Crippen molar-refractivity contribution in [1.82, 2.24) is 0 Å². The lowest BCUT2D eigenvalue weighted by atomic mass is 10.1. The van der Waals surface area contributed by atoms with Gasteiger partial charge in [-0.05, 0) is 122 Å². The van der Waals surface area contributed by atoms with E-state index < -0.39 is 6.10 Å². The highest BCUT2D eigenvalue weighted by Crippen LogP contribution is 2.14. The number of carbonyl (C=O) groups excluding carboxylic acids is 3. The molecule has 0 saturated heterocycles. The van der Waals surface area contributed by atoms with E-state index in [1.165, 1.54) is 77.0 Å². The van der Waals surface area contributed by atoms with Crippen molar-refractivity contribution >= 4 is 17.9 Å². The van der Waals surface area contributed by atoms with Gasteiger partial charge in [0.25, 0.3) is 0 Å². The molecule has 388 valence electrons. The fraction of sp³-hybridized carbons (Fsp3) is 0.694. The molecule has 0 rings (SSSR count). The summed E-state index contributed by atoms with van der Waals surface area (Å²) in [5.74, 6) is -0.937. The van der Waals surface area contributed by atoms with Crippen LogP contribution < -0.4 is 0 Å². The van der Waals surface area contributed by atoms with Crippen molar-refractivity contribution in [3.8, 4) is 0 Å². The lowest BCUT2D eigenvalue weighted by Gasteiger charge is -2.18. The smallest absolute Gasteiger partial charge is 0.306 e. The second-order valence-corrected chi connectivity index (χ2v) is 18.5. The first-order chi connectivity index (χ1) is 33.5. The van der Waals surface area contributed by atoms with E-state index in [1.807, 2.05) is 0 Å². The van der Waals surface area contributed by atoms with Crippen LogP contribution in [0.4, 0.5) is 0 Å². The van der Waals surface area contributed by atoms with E-state index in [1.54, 1.807) is 0 Å². The zero-order chi connectivity index (χ0) is 49.3. The second kappa shape index (κ2) is 55.9. The molecule has 0 aromatic heterocycles. The Morgan fingerprint density at radius 1 is 0.309 bits per heavy atom. The van der Waals surface area contributed by atoms with Crippen LogP contribution in [0.2, 0.25) is 0 Å². The van der Waals surface area contributed by atoms with Gasteiger partial charge < -0.3 is 14.2 Å². The van der Waals surface area contributed by atoms with Gasteiger partial charge in [-0.1, -0.05) is 214 Å². The van der Waals surface area contributed by atoms with Gasteiger partial charge in [0.15, 0.2) is 6.10 Å². The van der Waals surface area contributed by atoms with Gasteiger partial charge >= 0.3 is 17.9 Å². The summed E-state index contributed by atoms with van der Waals surface area (Å²) in [6.07, 6.45) is 73.9. The molecule has 0 heterocycles. The van der Waals surface area contributed by atoms with Crippen molar-refractivity contribution in [3.05, 3.63) is 97.2 Å². The van der Waals surface area contributed by atoms with E-state index in [2.05, 4.69) is 118 Å². The molecule has 6 heteroatoms. The molecule has 0 aromatic rings. The highest BCUT2D eigenvalue weighted by Gasteiger charge is 2.19. The van der Waals surface area contributed by atoms with E-state index in [0.29, 0.717) is 19.3 Å². The zero-order valence-corrected chi connectivity index (χ0v) is 44.3. The summed E-state index contributed by atoms with van der Waals surface area (Å²) < 4.78 is 16.8. The number of esters is 3. The summed E-state index contributed by atoms with van der Waals surface area (Å²) in [7, 11) is 0. The van der Waals surface area contributed by atoms with Crippen molar-refractivity contribution in [3.63, 3.8) is 0 Å². The molecule has 1 atom stereocenters. The van der Waals surface area contributed by atoms with Crippen molar-refractivity contribution in [2.75, 3.05) is 13.2 Å². The summed E-state index contributed by atoms with van der Waals surface area (Å²) >= 11 is 0. The molecule has 0 aliphatic carbocycles. The number of allylic oxidation sites excluding steroid dienone is 16. The third kappa shape index (κ3) is 53.3. The number of hydrogen-bond donors (Lipinski definition) is 0. The molecule has 6 nitrogen and oxygen atoms in total. The van der Waals surface area contributed by atoms with Crippen LogP contribution in [0, 0.1) is 0 Å². The van der Waals surface area contributed by atoms with Gasteiger partial charge in [-0.2, -0.15) is 0 Å². The Morgan fingerprint density at radius 2 is 0.574 bits per heavy atom. The molecular formula is C62H104O6. The molecule has 0 amide bonds. The predicted molar refractivity (Wildman–Crippen MR) is 293 cm³/mol. The van der Waals surface area contributed by atoms with Crippen LogP contribution in [0.5, 0.6) is 0 Å². The fourth-order valence-electron chi connectivity index (χ4n) is 7.55. The molecule has 0 radical (unpaired) electrons. The lowest BCUT2D eigenvalue weighted by molar-refractivity contribution is -0.167. The van der Waals surface area contributed by atoms with Crippen molar-refractivity contribution in [2.45, 2.75) is 264 Å². The molecule has 0 aliphatic rings. The molecule has 0 fully saturated rings. The first kappa shape index (κ1) is 64.3. The van der Waals surface area contributed by atoms with Crippen LogP contribution in [-0.4, -0.2) is 37.2 Å². The Bertz CT molecular complexity index is 1360. The highest BCUT2D eigenvalue weighted by molar-refractivity contribution is 5.71. The van der Waals surface area contributed by atoms with Gasteiger partial charge in [0.05, 0.1) is 0 Å². The van der Waals surface area contributed by atoms with E-state index in [9.17, 15) is 14.4 Å². The summed E-state index contributed by atoms with van der Waals surface area (Å²) in [5.41, 5.74) is 0. The fourth-order valence-corrected chi connectivity index (χ4v) is 7.55. The molecule has 1 unspecified atom stereocenters. The standard InChI is InChI=1S/C62H104O6/c1-4-7-10-13-16-19-22-25-28-30-31-32-35-37-40-43-46-49-52-55-61(64)67-58-59(57-66-60(63)54-51-48-45-42-39-36-33-27-24-21-18-15-12-9-6-3)68-62(65)56-53-50-47-44-41-38-34-29-26-23-20-17-14-11-8-5-2/h9,12,16,18-21,23,25,27-29,31-34,59H,4-8,10-11,13-15,17,22,24,26,30,35-58H2,1-3H3/b12-9-,19-16-,21-18-,23-20-,28-25-,32-31-,33-27-,34-29-. The first-order valence-corrected chi connectivity index (χ1v) is 28.2. The Hall–Kier alpha value is -3.67. The normalized spacial score (nSPS) is 12.8. The number of ether oxygens (including phenoxy) is 3. The van der Waals surface area contributed by atoms with E-state index in [0.717, 1.165) is 141 Å². The van der Waals surface area contributed by atoms with Gasteiger partial charge in [-0.25, -0.2) is 0 Å². The topological polar surface area (TPSA) is 78.9 Å². The van der Waals surface area contributed by atoms with Crippen LogP contribution in [0.1, 0.15) is 258 Å². The number of rotatable bonds is 50. The molecular weight excluding hydrogens is 841 g/mol. The summed E-state index contributed by atoms with van der Waals surface area (Å²) in [6, 6.07) is 0. The monoisotopic (exact) mass is 945 g/mol. The largest absolute Gasteiger partial charge is 0.462 e. The Labute approximate surface area is 419 Å². The molecule has 0 aliphatic heterocycles. The number of unbranched alkanes of at least 4 members (excludes halogenated alkanes) is 23. The Morgan fingerprint density at radius 3 is 0.926 bits per heavy atom. The zero-order valence-electron chi connectivity index (χ0n) is 44.3. The quantitative estimate of drug-likeness (QED) is 0.0262. The van der Waals surface area contributed by atoms with Crippen molar-refractivity contribution < 1.29 is 28.6 Å². The second-order valence-electron chi connectivity index (χ2n) is 18.5. The van der Waals surface area contributed by atoms with Gasteiger partial charge in [0, 0.05) is 19.3 Å². The van der Waals surface area contributed by atoms with Gasteiger partial charge in [-0.15, -0.1) is 0 Å². The van der Waals surface area contributed by atoms with Crippen LogP contribution in [0.25, 0.3) is 0 Å². The maximum absolute atomic E-state index is 12.8. The third-order valence-electron chi connectivity index (χ3n) is 11.8. The number of carbonyl (C=O) groups is 3. The van der Waals surface area contributed by atoms with Gasteiger partial charge in [-0.3, -0.25) is 14.4 Å². The number of hydrogen-bond acceptors (Lipinski definition) is 6. The van der Waals surface area contributed by atoms with E-state index in [4.69, 9.17) is 14.2 Å². The van der Waals surface area contributed by atoms with Crippen LogP contribution in [0.3, 0.4) is 0 Å². The summed E-state index contributed by atoms with van der Waals surface area (Å²) in [5, 5.41) is 0. The van der Waals surface area contributed by atoms with E-state index >= 15 is 0 Å². The third-order valence-corrected chi connectivity index (χ3v) is 11.8. The van der Waals surface area contributed by atoms with E-state index in [-0.39, 0.29) is 31.1 Å². The average molecular weight is 946 g/mol. The Balaban J connectivity index is 4.46. The minimum Gasteiger partial charge on any atom is -0.462 e. The van der Waals surface area contributed by atoms with Crippen molar-refractivity contribution in [1.29, 1.82) is 0 Å². The van der Waals surface area contributed by atoms with Gasteiger partial charge in [0.1, 0.15) is 13.2 Å². The SMILES string of the molecule is CC/C=C\C/C=C\C/C=C\CCCCCCCC(=O)OCC(COC(=O)CCCCCCCC/C=C\C/C=C\C/C=C\CCCCC)OC(=O)CCCCCCC/C=C\C/C=C\CCCCCC. The first-order valence-electron chi connectivity index (χ1n) is 28.2. The lowest BCUT2D eigenvalue weighted by Crippen LogP contribution is -2.30. The maximum Gasteiger partial charge on any atom is 0.306 e. The van der Waals surface area contributed by atoms with Crippen molar-refractivity contribution in [2.24, 2.45) is 0 Å². The summed E-state index contributed by atoms with van der Waals surface area (Å²) in [4.78, 5) is 38.1. The molecule has 0 bridgehead atoms. The maximum atomic E-state index is 12.8. The molecule has 0 saturated carbocycles. The molecule has 68 heavy (non-hydrogen) atoms. The highest BCUT2D eigenvalue weighted by atomic mass is 16.6. The minimum atomic E-state index is -0.799. The van der Waals surface area contributed by atoms with Crippen LogP contribution in [0.15, 0.2) is 97.2 Å². The van der Waals surface area contributed by atoms with Crippen LogP contribution >= 0.6 is 0 Å².